The van der Waals surface area contributed by atoms with Crippen LogP contribution in [0.5, 0.6) is 0 Å². The maximum atomic E-state index is 11.5. The molecule has 0 unspecified atom stereocenters. The molecule has 0 heterocycles. The first-order chi connectivity index (χ1) is 7.61. The summed E-state index contributed by atoms with van der Waals surface area (Å²) in [5.74, 6) is 0.0807. The average Bonchev–Trinajstić information content (AvgIpc) is 2.26. The van der Waals surface area contributed by atoms with Crippen molar-refractivity contribution in [3.8, 4) is 6.07 Å². The van der Waals surface area contributed by atoms with Crippen molar-refractivity contribution in [2.45, 2.75) is 33.6 Å². The third-order valence-corrected chi connectivity index (χ3v) is 1.96. The summed E-state index contributed by atoms with van der Waals surface area (Å²) >= 11 is 0. The number of unbranched alkanes of at least 4 members (excludes halogenated alkanes) is 1. The Bertz CT molecular complexity index is 276. The van der Waals surface area contributed by atoms with Crippen LogP contribution < -0.4 is 10.6 Å². The van der Waals surface area contributed by atoms with Crippen molar-refractivity contribution in [1.82, 2.24) is 10.6 Å². The fourth-order valence-electron chi connectivity index (χ4n) is 0.994. The minimum absolute atomic E-state index is 0.136. The predicted molar refractivity (Wildman–Crippen MR) is 64.5 cm³/mol. The Labute approximate surface area is 97.7 Å². The lowest BCUT2D eigenvalue weighted by Crippen LogP contribution is -2.29. The van der Waals surface area contributed by atoms with Crippen LogP contribution in [-0.2, 0) is 4.79 Å². The van der Waals surface area contributed by atoms with Crippen molar-refractivity contribution in [3.63, 3.8) is 0 Å². The fraction of sp³-hybridized carbons (Fsp3) is 0.667. The first-order valence-corrected chi connectivity index (χ1v) is 5.73. The number of nitrogens with one attached hydrogen (secondary N) is 2. The van der Waals surface area contributed by atoms with Crippen molar-refractivity contribution < 1.29 is 4.79 Å². The number of hydrogen-bond donors (Lipinski definition) is 2. The highest BCUT2D eigenvalue weighted by molar-refractivity contribution is 5.97. The lowest BCUT2D eigenvalue weighted by molar-refractivity contribution is -0.117. The maximum absolute atomic E-state index is 11.5. The summed E-state index contributed by atoms with van der Waals surface area (Å²) in [5, 5.41) is 14.5. The van der Waals surface area contributed by atoms with Gasteiger partial charge in [-0.3, -0.25) is 4.79 Å². The van der Waals surface area contributed by atoms with Gasteiger partial charge in [-0.2, -0.15) is 5.26 Å². The Balaban J connectivity index is 4.06. The minimum atomic E-state index is -0.305. The molecule has 0 bridgehead atoms. The highest BCUT2D eigenvalue weighted by Crippen LogP contribution is 1.93. The lowest BCUT2D eigenvalue weighted by Gasteiger charge is -2.06. The van der Waals surface area contributed by atoms with Gasteiger partial charge in [0.15, 0.2) is 0 Å². The highest BCUT2D eigenvalue weighted by atomic mass is 16.1. The number of nitrogens with zero attached hydrogens (tertiary/aromatic N) is 1. The summed E-state index contributed by atoms with van der Waals surface area (Å²) in [6.07, 6.45) is 3.61. The van der Waals surface area contributed by atoms with E-state index in [0.29, 0.717) is 12.5 Å². The number of carbonyl (C=O) groups excluding carboxylic acids is 1. The van der Waals surface area contributed by atoms with Crippen molar-refractivity contribution in [2.75, 3.05) is 13.1 Å². The summed E-state index contributed by atoms with van der Waals surface area (Å²) in [7, 11) is 0. The Morgan fingerprint density at radius 1 is 1.50 bits per heavy atom. The molecule has 0 aromatic rings. The second kappa shape index (κ2) is 8.78. The van der Waals surface area contributed by atoms with Gasteiger partial charge in [0.2, 0.25) is 0 Å². The zero-order valence-electron chi connectivity index (χ0n) is 10.3. The molecule has 0 saturated carbocycles. The van der Waals surface area contributed by atoms with Gasteiger partial charge in [-0.15, -0.1) is 0 Å². The Kier molecular flexibility index (Phi) is 7.96. The molecule has 0 aliphatic heterocycles. The van der Waals surface area contributed by atoms with Crippen LogP contribution >= 0.6 is 0 Å². The molecule has 0 aliphatic carbocycles. The van der Waals surface area contributed by atoms with Gasteiger partial charge < -0.3 is 10.6 Å². The number of amides is 1. The lowest BCUT2D eigenvalue weighted by atomic mass is 10.2. The van der Waals surface area contributed by atoms with Gasteiger partial charge in [0.25, 0.3) is 5.91 Å². The molecule has 0 saturated heterocycles. The quantitative estimate of drug-likeness (QED) is 0.391. The molecule has 16 heavy (non-hydrogen) atoms. The van der Waals surface area contributed by atoms with E-state index in [1.54, 1.807) is 0 Å². The molecule has 1 amide bonds. The van der Waals surface area contributed by atoms with Crippen molar-refractivity contribution in [1.29, 1.82) is 5.26 Å². The van der Waals surface area contributed by atoms with Crippen LogP contribution in [0, 0.1) is 17.2 Å². The van der Waals surface area contributed by atoms with E-state index in [1.807, 2.05) is 19.9 Å². The van der Waals surface area contributed by atoms with Crippen molar-refractivity contribution in [2.24, 2.45) is 5.92 Å². The normalized spacial score (nSPS) is 11.1. The SMILES string of the molecule is CCCCN/C=C(/C#N)C(=O)NCC(C)C. The van der Waals surface area contributed by atoms with Gasteiger partial charge in [0.1, 0.15) is 11.6 Å². The third-order valence-electron chi connectivity index (χ3n) is 1.96. The monoisotopic (exact) mass is 223 g/mol. The zero-order valence-corrected chi connectivity index (χ0v) is 10.3. The standard InChI is InChI=1S/C12H21N3O/c1-4-5-6-14-9-11(7-13)12(16)15-8-10(2)3/h9-10,14H,4-6,8H2,1-3H3,(H,15,16)/b11-9-. The molecular weight excluding hydrogens is 202 g/mol. The molecule has 0 aromatic carbocycles. The number of carbonyl (C=O) groups is 1. The molecule has 4 heteroatoms. The summed E-state index contributed by atoms with van der Waals surface area (Å²) in [6, 6.07) is 1.89. The molecule has 0 spiro atoms. The number of nitriles is 1. The molecule has 0 rings (SSSR count). The molecular formula is C12H21N3O. The molecule has 0 radical (unpaired) electrons. The van der Waals surface area contributed by atoms with Crippen LogP contribution in [0.3, 0.4) is 0 Å². The van der Waals surface area contributed by atoms with Crippen LogP contribution in [0.15, 0.2) is 11.8 Å². The Hall–Kier alpha value is -1.50. The summed E-state index contributed by atoms with van der Waals surface area (Å²) in [5.41, 5.74) is 0.136. The summed E-state index contributed by atoms with van der Waals surface area (Å²) < 4.78 is 0. The Morgan fingerprint density at radius 2 is 2.19 bits per heavy atom. The molecule has 4 nitrogen and oxygen atoms in total. The van der Waals surface area contributed by atoms with Gasteiger partial charge >= 0.3 is 0 Å². The highest BCUT2D eigenvalue weighted by Gasteiger charge is 2.08. The van der Waals surface area contributed by atoms with Gasteiger partial charge in [0.05, 0.1) is 0 Å². The first kappa shape index (κ1) is 14.5. The topological polar surface area (TPSA) is 64.9 Å². The average molecular weight is 223 g/mol. The number of hydrogen-bond acceptors (Lipinski definition) is 3. The second-order valence-corrected chi connectivity index (χ2v) is 4.08. The van der Waals surface area contributed by atoms with E-state index >= 15 is 0 Å². The van der Waals surface area contributed by atoms with E-state index in [4.69, 9.17) is 5.26 Å². The van der Waals surface area contributed by atoms with E-state index in [0.717, 1.165) is 19.4 Å². The zero-order chi connectivity index (χ0) is 12.4. The largest absolute Gasteiger partial charge is 0.390 e. The first-order valence-electron chi connectivity index (χ1n) is 5.73. The number of rotatable bonds is 7. The molecule has 0 atom stereocenters. The van der Waals surface area contributed by atoms with E-state index in [1.165, 1.54) is 6.20 Å². The van der Waals surface area contributed by atoms with E-state index in [9.17, 15) is 4.79 Å². The van der Waals surface area contributed by atoms with Gasteiger partial charge in [-0.05, 0) is 12.3 Å². The van der Waals surface area contributed by atoms with Gasteiger partial charge in [0, 0.05) is 19.3 Å². The maximum Gasteiger partial charge on any atom is 0.263 e. The predicted octanol–water partition coefficient (Wildman–Crippen LogP) is 1.56. The van der Waals surface area contributed by atoms with Crippen molar-refractivity contribution in [3.05, 3.63) is 11.8 Å². The molecule has 2 N–H and O–H groups in total. The molecule has 0 aliphatic rings. The third kappa shape index (κ3) is 6.88. The van der Waals surface area contributed by atoms with Crippen LogP contribution in [0.2, 0.25) is 0 Å². The van der Waals surface area contributed by atoms with Gasteiger partial charge in [-0.1, -0.05) is 27.2 Å². The van der Waals surface area contributed by atoms with Crippen LogP contribution in [0.25, 0.3) is 0 Å². The van der Waals surface area contributed by atoms with Crippen LogP contribution in [-0.4, -0.2) is 19.0 Å². The Morgan fingerprint density at radius 3 is 2.69 bits per heavy atom. The van der Waals surface area contributed by atoms with Crippen molar-refractivity contribution >= 4 is 5.91 Å². The van der Waals surface area contributed by atoms with E-state index < -0.39 is 0 Å². The smallest absolute Gasteiger partial charge is 0.263 e. The summed E-state index contributed by atoms with van der Waals surface area (Å²) in [6.45, 7) is 7.49. The van der Waals surface area contributed by atoms with Crippen LogP contribution in [0.4, 0.5) is 0 Å². The fourth-order valence-corrected chi connectivity index (χ4v) is 0.994. The van der Waals surface area contributed by atoms with Crippen LogP contribution in [0.1, 0.15) is 33.6 Å². The summed E-state index contributed by atoms with van der Waals surface area (Å²) in [4.78, 5) is 11.5. The molecule has 0 aromatic heterocycles. The van der Waals surface area contributed by atoms with Gasteiger partial charge in [-0.25, -0.2) is 0 Å². The second-order valence-electron chi connectivity index (χ2n) is 4.08. The van der Waals surface area contributed by atoms with E-state index in [-0.39, 0.29) is 11.5 Å². The minimum Gasteiger partial charge on any atom is -0.390 e. The molecule has 90 valence electrons. The molecule has 0 fully saturated rings. The van der Waals surface area contributed by atoms with E-state index in [2.05, 4.69) is 17.6 Å².